The lowest BCUT2D eigenvalue weighted by Gasteiger charge is -2.34. The number of amides is 2. The second-order valence-corrected chi connectivity index (χ2v) is 5.85. The van der Waals surface area contributed by atoms with Crippen molar-refractivity contribution in [3.8, 4) is 0 Å². The van der Waals surface area contributed by atoms with Gasteiger partial charge >= 0.3 is 0 Å². The van der Waals surface area contributed by atoms with E-state index in [0.29, 0.717) is 57.0 Å². The van der Waals surface area contributed by atoms with Crippen molar-refractivity contribution in [1.82, 2.24) is 15.5 Å². The van der Waals surface area contributed by atoms with Crippen molar-refractivity contribution in [2.24, 2.45) is 11.1 Å². The molecule has 1 aromatic rings. The van der Waals surface area contributed by atoms with E-state index in [4.69, 9.17) is 15.0 Å². The van der Waals surface area contributed by atoms with E-state index in [0.717, 1.165) is 6.42 Å². The molecule has 3 N–H and O–H groups in total. The van der Waals surface area contributed by atoms with Crippen LogP contribution in [-0.4, -0.2) is 41.7 Å². The summed E-state index contributed by atoms with van der Waals surface area (Å²) in [6, 6.07) is 0. The zero-order valence-electron chi connectivity index (χ0n) is 13.5. The van der Waals surface area contributed by atoms with E-state index >= 15 is 0 Å². The second kappa shape index (κ2) is 8.05. The Kier molecular flexibility index (Phi) is 6.09. The largest absolute Gasteiger partial charge is 0.381 e. The van der Waals surface area contributed by atoms with Gasteiger partial charge in [0.15, 0.2) is 5.82 Å². The molecule has 0 bridgehead atoms. The van der Waals surface area contributed by atoms with Crippen molar-refractivity contribution in [2.45, 2.75) is 45.4 Å². The van der Waals surface area contributed by atoms with E-state index in [2.05, 4.69) is 15.5 Å². The number of aryl methyl sites for hydroxylation is 2. The van der Waals surface area contributed by atoms with Gasteiger partial charge in [-0.25, -0.2) is 0 Å². The molecule has 0 atom stereocenters. The number of ether oxygens (including phenoxy) is 1. The van der Waals surface area contributed by atoms with Crippen LogP contribution < -0.4 is 11.1 Å². The van der Waals surface area contributed by atoms with Gasteiger partial charge in [-0.3, -0.25) is 9.59 Å². The van der Waals surface area contributed by atoms with Crippen LogP contribution in [0.1, 0.15) is 44.3 Å². The van der Waals surface area contributed by atoms with Gasteiger partial charge in [-0.1, -0.05) is 12.1 Å². The number of aromatic nitrogens is 2. The molecular weight excluding hydrogens is 300 g/mol. The predicted octanol–water partition coefficient (Wildman–Crippen LogP) is 0.353. The second-order valence-electron chi connectivity index (χ2n) is 5.85. The Labute approximate surface area is 135 Å². The number of hydrogen-bond donors (Lipinski definition) is 2. The maximum atomic E-state index is 11.9. The van der Waals surface area contributed by atoms with Crippen molar-refractivity contribution < 1.29 is 18.8 Å². The number of hydrogen-bond acceptors (Lipinski definition) is 6. The number of primary amides is 1. The molecule has 0 saturated carbocycles. The summed E-state index contributed by atoms with van der Waals surface area (Å²) in [5, 5.41) is 6.62. The summed E-state index contributed by atoms with van der Waals surface area (Å²) in [4.78, 5) is 27.8. The molecule has 2 rings (SSSR count). The number of nitrogens with one attached hydrogen (secondary N) is 1. The van der Waals surface area contributed by atoms with Crippen LogP contribution in [0, 0.1) is 5.41 Å². The third-order valence-corrected chi connectivity index (χ3v) is 4.22. The lowest BCUT2D eigenvalue weighted by atomic mass is 9.79. The van der Waals surface area contributed by atoms with Crippen LogP contribution in [-0.2, 0) is 27.2 Å². The highest BCUT2D eigenvalue weighted by molar-refractivity contribution is 5.82. The van der Waals surface area contributed by atoms with Crippen LogP contribution >= 0.6 is 0 Å². The molecule has 1 fully saturated rings. The summed E-state index contributed by atoms with van der Waals surface area (Å²) in [7, 11) is 0. The summed E-state index contributed by atoms with van der Waals surface area (Å²) >= 11 is 0. The molecule has 1 aliphatic rings. The van der Waals surface area contributed by atoms with E-state index in [9.17, 15) is 9.59 Å². The highest BCUT2D eigenvalue weighted by atomic mass is 16.5. The molecule has 0 radical (unpaired) electrons. The summed E-state index contributed by atoms with van der Waals surface area (Å²) in [6.45, 7) is 3.21. The number of carbonyl (C=O) groups is 2. The molecule has 23 heavy (non-hydrogen) atoms. The number of rotatable bonds is 8. The first-order valence-electron chi connectivity index (χ1n) is 8.01. The molecule has 8 nitrogen and oxygen atoms in total. The van der Waals surface area contributed by atoms with Crippen LogP contribution in [0.3, 0.4) is 0 Å². The van der Waals surface area contributed by atoms with Crippen LogP contribution in [0.4, 0.5) is 0 Å². The third kappa shape index (κ3) is 4.75. The molecule has 1 aromatic heterocycles. The van der Waals surface area contributed by atoms with Crippen LogP contribution in [0.2, 0.25) is 0 Å². The van der Waals surface area contributed by atoms with Crippen LogP contribution in [0.15, 0.2) is 4.52 Å². The highest BCUT2D eigenvalue weighted by Gasteiger charge is 2.38. The van der Waals surface area contributed by atoms with Gasteiger partial charge in [-0.05, 0) is 19.3 Å². The minimum atomic E-state index is -0.684. The van der Waals surface area contributed by atoms with Crippen molar-refractivity contribution in [3.63, 3.8) is 0 Å². The summed E-state index contributed by atoms with van der Waals surface area (Å²) in [5.41, 5.74) is 4.82. The molecule has 8 heteroatoms. The molecule has 0 spiro atoms. The molecule has 0 aliphatic carbocycles. The zero-order chi connectivity index (χ0) is 16.7. The SMILES string of the molecule is CCc1noc(CCCC(=O)NCC2(C(N)=O)CCOCC2)n1. The van der Waals surface area contributed by atoms with Gasteiger partial charge in [0.05, 0.1) is 5.41 Å². The first-order valence-corrected chi connectivity index (χ1v) is 8.01. The Morgan fingerprint density at radius 1 is 1.35 bits per heavy atom. The lowest BCUT2D eigenvalue weighted by Crippen LogP contribution is -2.49. The fourth-order valence-electron chi connectivity index (χ4n) is 2.56. The number of nitrogens with two attached hydrogens (primary N) is 1. The van der Waals surface area contributed by atoms with E-state index in [1.807, 2.05) is 6.92 Å². The van der Waals surface area contributed by atoms with Crippen LogP contribution in [0.5, 0.6) is 0 Å². The Morgan fingerprint density at radius 2 is 2.09 bits per heavy atom. The fourth-order valence-corrected chi connectivity index (χ4v) is 2.56. The fraction of sp³-hybridized carbons (Fsp3) is 0.733. The van der Waals surface area contributed by atoms with Gasteiger partial charge in [0.2, 0.25) is 17.7 Å². The zero-order valence-corrected chi connectivity index (χ0v) is 13.5. The van der Waals surface area contributed by atoms with Crippen molar-refractivity contribution in [3.05, 3.63) is 11.7 Å². The maximum Gasteiger partial charge on any atom is 0.226 e. The van der Waals surface area contributed by atoms with Gasteiger partial charge in [0, 0.05) is 39.0 Å². The maximum absolute atomic E-state index is 11.9. The van der Waals surface area contributed by atoms with Gasteiger partial charge in [-0.15, -0.1) is 0 Å². The molecule has 1 aliphatic heterocycles. The van der Waals surface area contributed by atoms with Crippen molar-refractivity contribution in [2.75, 3.05) is 19.8 Å². The molecule has 0 aromatic carbocycles. The van der Waals surface area contributed by atoms with Gasteiger partial charge in [-0.2, -0.15) is 4.98 Å². The first-order chi connectivity index (χ1) is 11.1. The molecule has 2 heterocycles. The standard InChI is InChI=1S/C15H24N4O4/c1-2-11-18-13(23-19-11)5-3-4-12(20)17-10-15(14(16)21)6-8-22-9-7-15/h2-10H2,1H3,(H2,16,21)(H,17,20). The van der Waals surface area contributed by atoms with Crippen molar-refractivity contribution in [1.29, 1.82) is 0 Å². The molecule has 2 amide bonds. The minimum Gasteiger partial charge on any atom is -0.381 e. The minimum absolute atomic E-state index is 0.104. The predicted molar refractivity (Wildman–Crippen MR) is 81.3 cm³/mol. The average molecular weight is 324 g/mol. The van der Waals surface area contributed by atoms with Gasteiger partial charge < -0.3 is 20.3 Å². The Morgan fingerprint density at radius 3 is 2.70 bits per heavy atom. The first kappa shape index (κ1) is 17.4. The molecule has 0 unspecified atom stereocenters. The van der Waals surface area contributed by atoms with E-state index in [1.54, 1.807) is 0 Å². The Hall–Kier alpha value is -1.96. The normalized spacial score (nSPS) is 16.9. The molecule has 1 saturated heterocycles. The van der Waals surface area contributed by atoms with E-state index in [-0.39, 0.29) is 18.4 Å². The van der Waals surface area contributed by atoms with E-state index < -0.39 is 5.41 Å². The Balaban J connectivity index is 1.72. The topological polar surface area (TPSA) is 120 Å². The quantitative estimate of drug-likeness (QED) is 0.712. The third-order valence-electron chi connectivity index (χ3n) is 4.22. The monoisotopic (exact) mass is 324 g/mol. The number of carbonyl (C=O) groups excluding carboxylic acids is 2. The number of nitrogens with zero attached hydrogens (tertiary/aromatic N) is 2. The highest BCUT2D eigenvalue weighted by Crippen LogP contribution is 2.29. The smallest absolute Gasteiger partial charge is 0.226 e. The molecule has 128 valence electrons. The van der Waals surface area contributed by atoms with Gasteiger partial charge in [0.1, 0.15) is 0 Å². The Bertz CT molecular complexity index is 537. The van der Waals surface area contributed by atoms with Gasteiger partial charge in [0.25, 0.3) is 0 Å². The van der Waals surface area contributed by atoms with Crippen molar-refractivity contribution >= 4 is 11.8 Å². The summed E-state index contributed by atoms with van der Waals surface area (Å²) < 4.78 is 10.3. The summed E-state index contributed by atoms with van der Waals surface area (Å²) in [6.07, 6.45) is 3.34. The molecular formula is C15H24N4O4. The summed E-state index contributed by atoms with van der Waals surface area (Å²) in [5.74, 6) is 0.742. The van der Waals surface area contributed by atoms with Crippen LogP contribution in [0.25, 0.3) is 0 Å². The average Bonchev–Trinajstić information content (AvgIpc) is 3.02. The lowest BCUT2D eigenvalue weighted by molar-refractivity contribution is -0.134. The van der Waals surface area contributed by atoms with E-state index in [1.165, 1.54) is 0 Å².